The molecule has 1 unspecified atom stereocenters. The minimum atomic E-state index is -0.978. The lowest BCUT2D eigenvalue weighted by Gasteiger charge is -2.15. The number of methoxy groups -OCH3 is 1. The van der Waals surface area contributed by atoms with Crippen LogP contribution in [0.15, 0.2) is 42.5 Å². The lowest BCUT2D eigenvalue weighted by atomic mass is 9.97. The van der Waals surface area contributed by atoms with Gasteiger partial charge in [0.2, 0.25) is 0 Å². The predicted molar refractivity (Wildman–Crippen MR) is 108 cm³/mol. The molecule has 0 saturated carbocycles. The largest absolute Gasteiger partial charge is 0.465 e. The van der Waals surface area contributed by atoms with Crippen LogP contribution in [0.1, 0.15) is 52.5 Å². The zero-order chi connectivity index (χ0) is 22.3. The minimum Gasteiger partial charge on any atom is -0.465 e. The van der Waals surface area contributed by atoms with Crippen LogP contribution in [0.5, 0.6) is 0 Å². The standard InChI is InChI=1S/C21H22N2O7/c1-4-13(2)17-7-5-6-8-18(17)22-19(24)12-30-21(26)15-9-14(20(25)29-3)10-16(11-15)23(27)28/h5-11,13H,4,12H2,1-3H3,(H,22,24). The number of nitrogens with one attached hydrogen (secondary N) is 1. The van der Waals surface area contributed by atoms with Crippen molar-refractivity contribution in [2.45, 2.75) is 26.2 Å². The molecule has 1 N–H and O–H groups in total. The second-order valence-corrected chi connectivity index (χ2v) is 6.54. The van der Waals surface area contributed by atoms with Crippen molar-refractivity contribution in [3.63, 3.8) is 0 Å². The maximum Gasteiger partial charge on any atom is 0.338 e. The number of ether oxygens (including phenoxy) is 2. The van der Waals surface area contributed by atoms with Gasteiger partial charge in [0.05, 0.1) is 23.2 Å². The number of anilines is 1. The fourth-order valence-electron chi connectivity index (χ4n) is 2.73. The Bertz CT molecular complexity index is 972. The summed E-state index contributed by atoms with van der Waals surface area (Å²) < 4.78 is 9.50. The van der Waals surface area contributed by atoms with E-state index in [0.717, 1.165) is 37.3 Å². The van der Waals surface area contributed by atoms with Crippen LogP contribution in [0.3, 0.4) is 0 Å². The van der Waals surface area contributed by atoms with E-state index in [-0.39, 0.29) is 17.0 Å². The number of carbonyl (C=O) groups is 3. The van der Waals surface area contributed by atoms with E-state index < -0.39 is 35.1 Å². The molecule has 158 valence electrons. The molecule has 1 amide bonds. The van der Waals surface area contributed by atoms with Gasteiger partial charge in [0.15, 0.2) is 6.61 Å². The minimum absolute atomic E-state index is 0.175. The highest BCUT2D eigenvalue weighted by atomic mass is 16.6. The quantitative estimate of drug-likeness (QED) is 0.397. The molecule has 1 atom stereocenters. The van der Waals surface area contributed by atoms with Crippen LogP contribution in [0.2, 0.25) is 0 Å². The summed E-state index contributed by atoms with van der Waals surface area (Å²) in [5.41, 5.74) is 0.692. The zero-order valence-electron chi connectivity index (χ0n) is 16.8. The number of nitro benzene ring substituents is 1. The average molecular weight is 414 g/mol. The van der Waals surface area contributed by atoms with Crippen molar-refractivity contribution < 1.29 is 28.8 Å². The fourth-order valence-corrected chi connectivity index (χ4v) is 2.73. The molecule has 30 heavy (non-hydrogen) atoms. The summed E-state index contributed by atoms with van der Waals surface area (Å²) in [5, 5.41) is 13.8. The number of nitro groups is 1. The summed E-state index contributed by atoms with van der Waals surface area (Å²) in [7, 11) is 1.11. The molecule has 9 heteroatoms. The molecule has 2 aromatic carbocycles. The van der Waals surface area contributed by atoms with Gasteiger partial charge in [0, 0.05) is 17.8 Å². The van der Waals surface area contributed by atoms with Gasteiger partial charge in [-0.25, -0.2) is 9.59 Å². The highest BCUT2D eigenvalue weighted by molar-refractivity contribution is 5.98. The number of amides is 1. The summed E-state index contributed by atoms with van der Waals surface area (Å²) >= 11 is 0. The number of esters is 2. The van der Waals surface area contributed by atoms with Gasteiger partial charge < -0.3 is 14.8 Å². The van der Waals surface area contributed by atoms with Crippen LogP contribution < -0.4 is 5.32 Å². The predicted octanol–water partition coefficient (Wildman–Crippen LogP) is 3.69. The van der Waals surface area contributed by atoms with E-state index in [2.05, 4.69) is 10.1 Å². The number of hydrogen-bond acceptors (Lipinski definition) is 7. The first-order chi connectivity index (χ1) is 14.3. The number of rotatable bonds is 8. The van der Waals surface area contributed by atoms with Gasteiger partial charge in [-0.1, -0.05) is 32.0 Å². The van der Waals surface area contributed by atoms with E-state index in [1.807, 2.05) is 26.0 Å². The van der Waals surface area contributed by atoms with Crippen molar-refractivity contribution in [1.29, 1.82) is 0 Å². The number of hydrogen-bond donors (Lipinski definition) is 1. The Morgan fingerprint density at radius 2 is 1.73 bits per heavy atom. The first kappa shape index (κ1) is 22.5. The molecular formula is C21H22N2O7. The van der Waals surface area contributed by atoms with Crippen LogP contribution in [-0.4, -0.2) is 36.5 Å². The second kappa shape index (κ2) is 10.1. The van der Waals surface area contributed by atoms with Gasteiger partial charge in [0.1, 0.15) is 0 Å². The maximum absolute atomic E-state index is 12.3. The van der Waals surface area contributed by atoms with E-state index in [0.29, 0.717) is 5.69 Å². The molecule has 0 spiro atoms. The number of carbonyl (C=O) groups excluding carboxylic acids is 3. The number of non-ortho nitro benzene ring substituents is 1. The molecule has 2 aromatic rings. The molecule has 0 fully saturated rings. The SMILES string of the molecule is CCC(C)c1ccccc1NC(=O)COC(=O)c1cc(C(=O)OC)cc([N+](=O)[O-])c1. The Labute approximate surface area is 173 Å². The van der Waals surface area contributed by atoms with Crippen LogP contribution in [0.25, 0.3) is 0 Å². The third kappa shape index (κ3) is 5.63. The normalized spacial score (nSPS) is 11.3. The average Bonchev–Trinajstić information content (AvgIpc) is 2.76. The maximum atomic E-state index is 12.3. The Morgan fingerprint density at radius 3 is 2.33 bits per heavy atom. The monoisotopic (exact) mass is 414 g/mol. The molecule has 0 aliphatic heterocycles. The number of benzene rings is 2. The molecule has 9 nitrogen and oxygen atoms in total. The van der Waals surface area contributed by atoms with Gasteiger partial charge in [-0.3, -0.25) is 14.9 Å². The first-order valence-electron chi connectivity index (χ1n) is 9.20. The van der Waals surface area contributed by atoms with Gasteiger partial charge in [-0.15, -0.1) is 0 Å². The van der Waals surface area contributed by atoms with Crippen molar-refractivity contribution >= 4 is 29.2 Å². The third-order valence-electron chi connectivity index (χ3n) is 4.50. The molecule has 0 bridgehead atoms. The van der Waals surface area contributed by atoms with Crippen molar-refractivity contribution in [3.05, 3.63) is 69.3 Å². The molecule has 2 rings (SSSR count). The van der Waals surface area contributed by atoms with Crippen LogP contribution >= 0.6 is 0 Å². The molecule has 0 aromatic heterocycles. The number of para-hydroxylation sites is 1. The lowest BCUT2D eigenvalue weighted by Crippen LogP contribution is -2.22. The Hall–Kier alpha value is -3.75. The van der Waals surface area contributed by atoms with Gasteiger partial charge in [0.25, 0.3) is 11.6 Å². The van der Waals surface area contributed by atoms with Gasteiger partial charge in [-0.2, -0.15) is 0 Å². The molecular weight excluding hydrogens is 392 g/mol. The fraction of sp³-hybridized carbons (Fsp3) is 0.286. The second-order valence-electron chi connectivity index (χ2n) is 6.54. The molecule has 0 saturated heterocycles. The summed E-state index contributed by atoms with van der Waals surface area (Å²) in [4.78, 5) is 46.5. The van der Waals surface area contributed by atoms with Crippen molar-refractivity contribution in [2.24, 2.45) is 0 Å². The van der Waals surface area contributed by atoms with Crippen LogP contribution in [0, 0.1) is 10.1 Å². The Kier molecular flexibility index (Phi) is 7.62. The summed E-state index contributed by atoms with van der Waals surface area (Å²) in [5.74, 6) is -2.15. The van der Waals surface area contributed by atoms with Gasteiger partial charge in [-0.05, 0) is 30.0 Å². The van der Waals surface area contributed by atoms with E-state index in [1.54, 1.807) is 12.1 Å². The smallest absolute Gasteiger partial charge is 0.338 e. The summed E-state index contributed by atoms with van der Waals surface area (Å²) in [6, 6.07) is 10.4. The van der Waals surface area contributed by atoms with E-state index in [9.17, 15) is 24.5 Å². The molecule has 0 aliphatic carbocycles. The Balaban J connectivity index is 2.11. The van der Waals surface area contributed by atoms with E-state index in [4.69, 9.17) is 4.74 Å². The molecule has 0 radical (unpaired) electrons. The highest BCUT2D eigenvalue weighted by Gasteiger charge is 2.20. The Morgan fingerprint density at radius 1 is 1.10 bits per heavy atom. The van der Waals surface area contributed by atoms with Crippen LogP contribution in [0.4, 0.5) is 11.4 Å². The van der Waals surface area contributed by atoms with E-state index in [1.165, 1.54) is 0 Å². The van der Waals surface area contributed by atoms with Crippen molar-refractivity contribution in [1.82, 2.24) is 0 Å². The van der Waals surface area contributed by atoms with Crippen molar-refractivity contribution in [2.75, 3.05) is 19.0 Å². The molecule has 0 aliphatic rings. The zero-order valence-corrected chi connectivity index (χ0v) is 16.8. The lowest BCUT2D eigenvalue weighted by molar-refractivity contribution is -0.384. The first-order valence-corrected chi connectivity index (χ1v) is 9.20. The number of nitrogens with zero attached hydrogens (tertiary/aromatic N) is 1. The third-order valence-corrected chi connectivity index (χ3v) is 4.50. The molecule has 0 heterocycles. The van der Waals surface area contributed by atoms with Crippen molar-refractivity contribution in [3.8, 4) is 0 Å². The summed E-state index contributed by atoms with van der Waals surface area (Å²) in [6.45, 7) is 3.48. The topological polar surface area (TPSA) is 125 Å². The highest BCUT2D eigenvalue weighted by Crippen LogP contribution is 2.26. The van der Waals surface area contributed by atoms with Gasteiger partial charge >= 0.3 is 11.9 Å². The van der Waals surface area contributed by atoms with E-state index >= 15 is 0 Å². The van der Waals surface area contributed by atoms with Crippen LogP contribution in [-0.2, 0) is 14.3 Å². The summed E-state index contributed by atoms with van der Waals surface area (Å²) in [6.07, 6.45) is 0.886.